The largest absolute Gasteiger partial charge is 0.0622 e. The Hall–Kier alpha value is -1.74. The zero-order chi connectivity index (χ0) is 19.6. The van der Waals surface area contributed by atoms with Crippen LogP contribution >= 0.6 is 15.8 Å². The van der Waals surface area contributed by atoms with Gasteiger partial charge in [0.05, 0.1) is 0 Å². The smallest absolute Gasteiger partial charge is 0 e. The van der Waals surface area contributed by atoms with Crippen LogP contribution in [0, 0.1) is 0 Å². The Morgan fingerprint density at radius 1 is 0.345 bits per heavy atom. The molecule has 0 aliphatic heterocycles. The SMILES string of the molecule is CP(c1ccccc1)c1ccccc1.CP(c1ccccc1)c1ccccc1.[Cu]. The van der Waals surface area contributed by atoms with Gasteiger partial charge in [-0.3, -0.25) is 0 Å². The first-order valence-electron chi connectivity index (χ1n) is 9.43. The Morgan fingerprint density at radius 2 is 0.517 bits per heavy atom. The summed E-state index contributed by atoms with van der Waals surface area (Å²) >= 11 is 0. The molecule has 0 heterocycles. The normalized spacial score (nSPS) is 10.1. The Labute approximate surface area is 188 Å². The van der Waals surface area contributed by atoms with E-state index in [1.165, 1.54) is 21.2 Å². The average Bonchev–Trinajstić information content (AvgIpc) is 2.81. The summed E-state index contributed by atoms with van der Waals surface area (Å²) in [6, 6.07) is 42.8. The molecule has 0 aliphatic rings. The van der Waals surface area contributed by atoms with Gasteiger partial charge in [-0.15, -0.1) is 0 Å². The van der Waals surface area contributed by atoms with Crippen LogP contribution in [0.25, 0.3) is 0 Å². The molecule has 4 rings (SSSR count). The summed E-state index contributed by atoms with van der Waals surface area (Å²) in [6.07, 6.45) is 0. The molecule has 0 bridgehead atoms. The zero-order valence-electron chi connectivity index (χ0n) is 16.7. The zero-order valence-corrected chi connectivity index (χ0v) is 19.5. The van der Waals surface area contributed by atoms with Crippen molar-refractivity contribution in [2.75, 3.05) is 13.3 Å². The molecule has 29 heavy (non-hydrogen) atoms. The quantitative estimate of drug-likeness (QED) is 0.277. The van der Waals surface area contributed by atoms with Gasteiger partial charge >= 0.3 is 0 Å². The summed E-state index contributed by atoms with van der Waals surface area (Å²) in [5, 5.41) is 5.75. The van der Waals surface area contributed by atoms with Gasteiger partial charge in [0.2, 0.25) is 0 Å². The van der Waals surface area contributed by atoms with Crippen LogP contribution in [0.4, 0.5) is 0 Å². The minimum Gasteiger partial charge on any atom is -0.0622 e. The van der Waals surface area contributed by atoms with Crippen molar-refractivity contribution >= 4 is 37.1 Å². The topological polar surface area (TPSA) is 0 Å². The van der Waals surface area contributed by atoms with Gasteiger partial charge in [0.25, 0.3) is 0 Å². The fraction of sp³-hybridized carbons (Fsp3) is 0.0769. The van der Waals surface area contributed by atoms with Crippen molar-refractivity contribution in [3.8, 4) is 0 Å². The number of benzene rings is 4. The molecule has 0 aromatic heterocycles. The van der Waals surface area contributed by atoms with Gasteiger partial charge in [0.15, 0.2) is 0 Å². The summed E-state index contributed by atoms with van der Waals surface area (Å²) in [5.74, 6) is 0. The molecule has 0 N–H and O–H groups in total. The monoisotopic (exact) mass is 463 g/mol. The Morgan fingerprint density at radius 3 is 0.690 bits per heavy atom. The summed E-state index contributed by atoms with van der Waals surface area (Å²) in [6.45, 7) is 4.61. The molecule has 151 valence electrons. The van der Waals surface area contributed by atoms with Crippen LogP contribution in [0.1, 0.15) is 0 Å². The van der Waals surface area contributed by atoms with Crippen LogP contribution in [0.15, 0.2) is 121 Å². The maximum atomic E-state index is 2.31. The second-order valence-corrected chi connectivity index (χ2v) is 10.8. The molecule has 0 saturated carbocycles. The van der Waals surface area contributed by atoms with E-state index in [4.69, 9.17) is 0 Å². The van der Waals surface area contributed by atoms with Crippen LogP contribution < -0.4 is 21.2 Å². The van der Waals surface area contributed by atoms with Crippen LogP contribution in [-0.2, 0) is 17.1 Å². The summed E-state index contributed by atoms with van der Waals surface area (Å²) < 4.78 is 0. The van der Waals surface area contributed by atoms with Crippen molar-refractivity contribution in [1.29, 1.82) is 0 Å². The molecule has 0 saturated heterocycles. The third-order valence-corrected chi connectivity index (χ3v) is 8.86. The average molecular weight is 464 g/mol. The van der Waals surface area contributed by atoms with Gasteiger partial charge in [-0.05, 0) is 50.4 Å². The first-order valence-corrected chi connectivity index (χ1v) is 13.0. The second kappa shape index (κ2) is 12.7. The maximum Gasteiger partial charge on any atom is 0 e. The fourth-order valence-corrected chi connectivity index (χ4v) is 5.98. The fourth-order valence-electron chi connectivity index (χ4n) is 2.90. The molecule has 0 spiro atoms. The first kappa shape index (κ1) is 23.5. The van der Waals surface area contributed by atoms with Gasteiger partial charge in [0.1, 0.15) is 0 Å². The van der Waals surface area contributed by atoms with E-state index >= 15 is 0 Å². The van der Waals surface area contributed by atoms with E-state index in [1.54, 1.807) is 0 Å². The van der Waals surface area contributed by atoms with Crippen molar-refractivity contribution in [3.05, 3.63) is 121 Å². The van der Waals surface area contributed by atoms with Gasteiger partial charge < -0.3 is 0 Å². The van der Waals surface area contributed by atoms with Gasteiger partial charge in [-0.25, -0.2) is 0 Å². The Balaban J connectivity index is 0.000000200. The van der Waals surface area contributed by atoms with E-state index in [-0.39, 0.29) is 32.9 Å². The van der Waals surface area contributed by atoms with Crippen LogP contribution in [0.3, 0.4) is 0 Å². The molecule has 0 unspecified atom stereocenters. The maximum absolute atomic E-state index is 2.31. The molecule has 0 aliphatic carbocycles. The molecular formula is C26H26CuP2. The number of hydrogen-bond acceptors (Lipinski definition) is 0. The minimum atomic E-state index is -0.171. The van der Waals surface area contributed by atoms with Crippen LogP contribution in [0.2, 0.25) is 0 Å². The van der Waals surface area contributed by atoms with Gasteiger partial charge in [-0.1, -0.05) is 121 Å². The minimum absolute atomic E-state index is 0. The molecule has 0 nitrogen and oxygen atoms in total. The van der Waals surface area contributed by atoms with E-state index in [2.05, 4.69) is 135 Å². The van der Waals surface area contributed by atoms with Crippen LogP contribution in [-0.4, -0.2) is 13.3 Å². The van der Waals surface area contributed by atoms with E-state index in [0.717, 1.165) is 0 Å². The molecule has 4 aromatic rings. The van der Waals surface area contributed by atoms with Gasteiger partial charge in [-0.2, -0.15) is 0 Å². The predicted octanol–water partition coefficient (Wildman–Crippen LogP) is 5.50. The van der Waals surface area contributed by atoms with Crippen molar-refractivity contribution in [2.45, 2.75) is 0 Å². The molecular weight excluding hydrogens is 438 g/mol. The molecule has 0 amide bonds. The molecule has 1 radical (unpaired) electrons. The van der Waals surface area contributed by atoms with Crippen LogP contribution in [0.5, 0.6) is 0 Å². The summed E-state index contributed by atoms with van der Waals surface area (Å²) in [4.78, 5) is 0. The van der Waals surface area contributed by atoms with E-state index in [9.17, 15) is 0 Å². The molecule has 0 atom stereocenters. The van der Waals surface area contributed by atoms with E-state index < -0.39 is 0 Å². The summed E-state index contributed by atoms with van der Waals surface area (Å²) in [7, 11) is -0.342. The van der Waals surface area contributed by atoms with Gasteiger partial charge in [0, 0.05) is 17.1 Å². The third-order valence-electron chi connectivity index (χ3n) is 4.57. The molecule has 4 aromatic carbocycles. The van der Waals surface area contributed by atoms with Crippen molar-refractivity contribution in [3.63, 3.8) is 0 Å². The van der Waals surface area contributed by atoms with Crippen molar-refractivity contribution in [2.24, 2.45) is 0 Å². The van der Waals surface area contributed by atoms with Crippen molar-refractivity contribution < 1.29 is 17.1 Å². The predicted molar refractivity (Wildman–Crippen MR) is 130 cm³/mol. The van der Waals surface area contributed by atoms with Crippen molar-refractivity contribution in [1.82, 2.24) is 0 Å². The standard InChI is InChI=1S/2C13H13P.Cu/c2*1-14(12-8-4-2-5-9-12)13-10-6-3-7-11-13;/h2*2-11H,1H3;. The third kappa shape index (κ3) is 7.22. The number of hydrogen-bond donors (Lipinski definition) is 0. The molecule has 3 heteroatoms. The molecule has 0 fully saturated rings. The van der Waals surface area contributed by atoms with E-state index in [1.807, 2.05) is 0 Å². The number of rotatable bonds is 4. The second-order valence-electron chi connectivity index (χ2n) is 6.46. The Kier molecular flexibility index (Phi) is 10.3. The van der Waals surface area contributed by atoms with E-state index in [0.29, 0.717) is 0 Å². The Bertz CT molecular complexity index is 769. The first-order chi connectivity index (χ1) is 13.8. The summed E-state index contributed by atoms with van der Waals surface area (Å²) in [5.41, 5.74) is 0.